The molecule has 0 radical (unpaired) electrons. The Morgan fingerprint density at radius 2 is 2.67 bits per heavy atom. The highest BCUT2D eigenvalue weighted by Crippen LogP contribution is 2.07. The van der Waals surface area contributed by atoms with E-state index in [0.29, 0.717) is 5.69 Å². The summed E-state index contributed by atoms with van der Waals surface area (Å²) in [5.41, 5.74) is 0.685. The van der Waals surface area contributed by atoms with Gasteiger partial charge in [-0.3, -0.25) is 0 Å². The number of carbonyl (C=O) groups is 1. The minimum Gasteiger partial charge on any atom is -0.451 e. The minimum absolute atomic E-state index is 0.149. The lowest BCUT2D eigenvalue weighted by atomic mass is 10.1. The van der Waals surface area contributed by atoms with Crippen LogP contribution in [0, 0.1) is 0 Å². The highest BCUT2D eigenvalue weighted by Gasteiger charge is 2.04. The molecule has 0 saturated heterocycles. The highest BCUT2D eigenvalue weighted by atomic mass is 16.3. The van der Waals surface area contributed by atoms with Crippen LogP contribution < -0.4 is 0 Å². The van der Waals surface area contributed by atoms with Crippen molar-refractivity contribution in [2.45, 2.75) is 12.8 Å². The molecule has 0 aliphatic carbocycles. The zero-order valence-electron chi connectivity index (χ0n) is 5.07. The van der Waals surface area contributed by atoms with E-state index in [1.165, 1.54) is 12.7 Å². The molecule has 0 saturated carbocycles. The molecule has 0 fully saturated rings. The summed E-state index contributed by atoms with van der Waals surface area (Å²) in [6.45, 7) is 1.77. The molecule has 1 aromatic heterocycles. The molecule has 0 aliphatic heterocycles. The van der Waals surface area contributed by atoms with Gasteiger partial charge in [0.1, 0.15) is 12.5 Å². The molecule has 1 rings (SSSR count). The molecule has 9 heavy (non-hydrogen) atoms. The quantitative estimate of drug-likeness (QED) is 0.553. The Morgan fingerprint density at radius 3 is 3.11 bits per heavy atom. The summed E-state index contributed by atoms with van der Waals surface area (Å²) in [6.07, 6.45) is 3.62. The largest absolute Gasteiger partial charge is 0.451 e. The lowest BCUT2D eigenvalue weighted by molar-refractivity contribution is -0.108. The van der Waals surface area contributed by atoms with E-state index in [4.69, 9.17) is 0 Å². The van der Waals surface area contributed by atoms with Gasteiger partial charge in [0.2, 0.25) is 0 Å². The van der Waals surface area contributed by atoms with Crippen LogP contribution in [0.5, 0.6) is 0 Å². The minimum atomic E-state index is -0.149. The van der Waals surface area contributed by atoms with Gasteiger partial charge in [-0.2, -0.15) is 0 Å². The van der Waals surface area contributed by atoms with Crippen LogP contribution in [0.25, 0.3) is 0 Å². The third-order valence-corrected chi connectivity index (χ3v) is 1.12. The van der Waals surface area contributed by atoms with E-state index in [9.17, 15) is 4.79 Å². The van der Waals surface area contributed by atoms with Gasteiger partial charge in [0, 0.05) is 0 Å². The van der Waals surface area contributed by atoms with Gasteiger partial charge in [0.15, 0.2) is 6.39 Å². The first-order chi connectivity index (χ1) is 4.34. The molecule has 3 heteroatoms. The molecule has 0 aliphatic rings. The van der Waals surface area contributed by atoms with Gasteiger partial charge in [-0.1, -0.05) is 6.92 Å². The zero-order chi connectivity index (χ0) is 6.69. The molecule has 1 atom stereocenters. The van der Waals surface area contributed by atoms with Crippen molar-refractivity contribution in [3.8, 4) is 0 Å². The molecule has 0 spiro atoms. The number of hydrogen-bond acceptors (Lipinski definition) is 3. The summed E-state index contributed by atoms with van der Waals surface area (Å²) in [7, 11) is 0. The number of aromatic nitrogens is 1. The maximum absolute atomic E-state index is 10.1. The van der Waals surface area contributed by atoms with E-state index in [-0.39, 0.29) is 5.92 Å². The van der Waals surface area contributed by atoms with E-state index in [2.05, 4.69) is 9.40 Å². The Kier molecular flexibility index (Phi) is 1.63. The van der Waals surface area contributed by atoms with Crippen LogP contribution in [0.4, 0.5) is 0 Å². The summed E-state index contributed by atoms with van der Waals surface area (Å²) in [6, 6.07) is 0. The highest BCUT2D eigenvalue weighted by molar-refractivity contribution is 5.59. The number of oxazole rings is 1. The predicted octanol–water partition coefficient (Wildman–Crippen LogP) is 0.977. The maximum atomic E-state index is 10.1. The van der Waals surface area contributed by atoms with Crippen molar-refractivity contribution in [1.82, 2.24) is 4.98 Å². The number of hydrogen-bond donors (Lipinski definition) is 0. The van der Waals surface area contributed by atoms with Crippen LogP contribution in [0.2, 0.25) is 0 Å². The lowest BCUT2D eigenvalue weighted by Crippen LogP contribution is -1.92. The van der Waals surface area contributed by atoms with Crippen LogP contribution in [-0.4, -0.2) is 11.3 Å². The van der Waals surface area contributed by atoms with Gasteiger partial charge >= 0.3 is 0 Å². The fourth-order valence-corrected chi connectivity index (χ4v) is 0.516. The van der Waals surface area contributed by atoms with E-state index in [1.807, 2.05) is 0 Å². The van der Waals surface area contributed by atoms with Gasteiger partial charge in [-0.15, -0.1) is 0 Å². The summed E-state index contributed by atoms with van der Waals surface area (Å²) in [5.74, 6) is -0.149. The molecule has 1 unspecified atom stereocenters. The number of rotatable bonds is 2. The Hall–Kier alpha value is -1.12. The summed E-state index contributed by atoms with van der Waals surface area (Å²) in [4.78, 5) is 13.9. The fourth-order valence-electron chi connectivity index (χ4n) is 0.516. The maximum Gasteiger partial charge on any atom is 0.180 e. The lowest BCUT2D eigenvalue weighted by Gasteiger charge is -1.91. The van der Waals surface area contributed by atoms with Crippen LogP contribution in [0.15, 0.2) is 17.1 Å². The van der Waals surface area contributed by atoms with Crippen molar-refractivity contribution in [3.63, 3.8) is 0 Å². The summed E-state index contributed by atoms with van der Waals surface area (Å²) >= 11 is 0. The first kappa shape index (κ1) is 6.01. The van der Waals surface area contributed by atoms with Gasteiger partial charge in [0.05, 0.1) is 11.6 Å². The topological polar surface area (TPSA) is 43.1 Å². The second-order valence-corrected chi connectivity index (χ2v) is 1.84. The van der Waals surface area contributed by atoms with Crippen molar-refractivity contribution in [2.75, 3.05) is 0 Å². The van der Waals surface area contributed by atoms with Crippen LogP contribution in [-0.2, 0) is 4.79 Å². The van der Waals surface area contributed by atoms with Crippen LogP contribution in [0.1, 0.15) is 18.5 Å². The Labute approximate surface area is 52.7 Å². The summed E-state index contributed by atoms with van der Waals surface area (Å²) < 4.78 is 4.67. The standard InChI is InChI=1S/C6H7NO2/c1-5(2-8)6-3-9-4-7-6/h2-5H,1H3. The third-order valence-electron chi connectivity index (χ3n) is 1.12. The molecule has 0 N–H and O–H groups in total. The molecular weight excluding hydrogens is 118 g/mol. The van der Waals surface area contributed by atoms with Gasteiger partial charge < -0.3 is 9.21 Å². The van der Waals surface area contributed by atoms with E-state index in [1.54, 1.807) is 6.92 Å². The molecule has 0 bridgehead atoms. The van der Waals surface area contributed by atoms with E-state index >= 15 is 0 Å². The van der Waals surface area contributed by atoms with Crippen molar-refractivity contribution >= 4 is 6.29 Å². The van der Waals surface area contributed by atoms with Crippen molar-refractivity contribution in [1.29, 1.82) is 0 Å². The Bertz CT molecular complexity index is 181. The molecule has 1 aromatic rings. The molecular formula is C6H7NO2. The van der Waals surface area contributed by atoms with Gasteiger partial charge in [0.25, 0.3) is 0 Å². The van der Waals surface area contributed by atoms with Crippen molar-refractivity contribution in [3.05, 3.63) is 18.4 Å². The fraction of sp³-hybridized carbons (Fsp3) is 0.333. The normalized spacial score (nSPS) is 13.0. The Balaban J connectivity index is 2.76. The smallest absolute Gasteiger partial charge is 0.180 e. The molecule has 48 valence electrons. The van der Waals surface area contributed by atoms with E-state index < -0.39 is 0 Å². The second-order valence-electron chi connectivity index (χ2n) is 1.84. The number of aldehydes is 1. The SMILES string of the molecule is CC(C=O)c1cocn1. The summed E-state index contributed by atoms with van der Waals surface area (Å²) in [5, 5.41) is 0. The zero-order valence-corrected chi connectivity index (χ0v) is 5.07. The van der Waals surface area contributed by atoms with E-state index in [0.717, 1.165) is 6.29 Å². The van der Waals surface area contributed by atoms with Gasteiger partial charge in [-0.05, 0) is 0 Å². The Morgan fingerprint density at radius 1 is 1.89 bits per heavy atom. The molecule has 0 aromatic carbocycles. The molecule has 1 heterocycles. The average Bonchev–Trinajstić information content (AvgIpc) is 2.37. The second kappa shape index (κ2) is 2.44. The first-order valence-electron chi connectivity index (χ1n) is 2.68. The predicted molar refractivity (Wildman–Crippen MR) is 31.0 cm³/mol. The molecule has 0 amide bonds. The first-order valence-corrected chi connectivity index (χ1v) is 2.68. The van der Waals surface area contributed by atoms with Gasteiger partial charge in [-0.25, -0.2) is 4.98 Å². The van der Waals surface area contributed by atoms with Crippen LogP contribution in [0.3, 0.4) is 0 Å². The van der Waals surface area contributed by atoms with Crippen LogP contribution >= 0.6 is 0 Å². The van der Waals surface area contributed by atoms with Crippen molar-refractivity contribution < 1.29 is 9.21 Å². The monoisotopic (exact) mass is 125 g/mol. The number of nitrogens with zero attached hydrogens (tertiary/aromatic N) is 1. The third kappa shape index (κ3) is 1.16. The average molecular weight is 125 g/mol. The number of carbonyl (C=O) groups excluding carboxylic acids is 1. The molecule has 3 nitrogen and oxygen atoms in total. The van der Waals surface area contributed by atoms with Crippen molar-refractivity contribution in [2.24, 2.45) is 0 Å².